The van der Waals surface area contributed by atoms with Gasteiger partial charge in [-0.3, -0.25) is 4.90 Å². The van der Waals surface area contributed by atoms with E-state index in [1.165, 1.54) is 38.8 Å². The average Bonchev–Trinajstić information content (AvgIpc) is 3.07. The second-order valence-electron chi connectivity index (χ2n) is 8.17. The number of hydrogen-bond donors (Lipinski definition) is 1. The molecule has 0 amide bonds. The molecule has 2 N–H and O–H groups in total. The Balaban J connectivity index is 2.01. The molecule has 0 aromatic rings. The zero-order valence-electron chi connectivity index (χ0n) is 13.1. The predicted molar refractivity (Wildman–Crippen MR) is 78.6 cm³/mol. The van der Waals surface area contributed by atoms with Gasteiger partial charge in [0.1, 0.15) is 0 Å². The lowest BCUT2D eigenvalue weighted by atomic mass is 9.73. The van der Waals surface area contributed by atoms with E-state index < -0.39 is 0 Å². The van der Waals surface area contributed by atoms with Crippen LogP contribution in [0.25, 0.3) is 0 Å². The van der Waals surface area contributed by atoms with Crippen LogP contribution in [0.4, 0.5) is 0 Å². The van der Waals surface area contributed by atoms with Crippen LogP contribution in [0.1, 0.15) is 60.3 Å². The molecule has 1 aliphatic carbocycles. The summed E-state index contributed by atoms with van der Waals surface area (Å²) in [5.41, 5.74) is 7.32. The largest absolute Gasteiger partial charge is 0.329 e. The fourth-order valence-electron chi connectivity index (χ4n) is 3.72. The van der Waals surface area contributed by atoms with E-state index in [1.807, 2.05) is 0 Å². The molecule has 2 aliphatic rings. The van der Waals surface area contributed by atoms with Crippen LogP contribution in [0.15, 0.2) is 0 Å². The van der Waals surface area contributed by atoms with Crippen LogP contribution < -0.4 is 5.73 Å². The third-order valence-corrected chi connectivity index (χ3v) is 6.12. The van der Waals surface area contributed by atoms with Crippen molar-refractivity contribution in [2.45, 2.75) is 65.8 Å². The summed E-state index contributed by atoms with van der Waals surface area (Å²) in [6.07, 6.45) is 5.41. The lowest BCUT2D eigenvalue weighted by molar-refractivity contribution is 0.00103. The Kier molecular flexibility index (Phi) is 3.57. The number of nitrogens with two attached hydrogens (primary N) is 1. The third kappa shape index (κ3) is 2.34. The summed E-state index contributed by atoms with van der Waals surface area (Å²) < 4.78 is 0. The van der Waals surface area contributed by atoms with Gasteiger partial charge < -0.3 is 5.73 Å². The van der Waals surface area contributed by atoms with Crippen molar-refractivity contribution >= 4 is 0 Å². The minimum absolute atomic E-state index is 0.232. The van der Waals surface area contributed by atoms with E-state index >= 15 is 0 Å². The van der Waals surface area contributed by atoms with Crippen molar-refractivity contribution in [3.8, 4) is 0 Å². The Bertz CT molecular complexity index is 293. The predicted octanol–water partition coefficient (Wildman–Crippen LogP) is 3.26. The molecule has 0 bridgehead atoms. The topological polar surface area (TPSA) is 29.3 Å². The van der Waals surface area contributed by atoms with Crippen LogP contribution in [0.2, 0.25) is 0 Å². The second-order valence-corrected chi connectivity index (χ2v) is 8.17. The molecule has 1 saturated carbocycles. The van der Waals surface area contributed by atoms with Gasteiger partial charge in [0.05, 0.1) is 0 Å². The molecule has 2 heteroatoms. The Labute approximate surface area is 113 Å². The van der Waals surface area contributed by atoms with Gasteiger partial charge in [0.2, 0.25) is 0 Å². The maximum atomic E-state index is 6.14. The first-order valence-electron chi connectivity index (χ1n) is 7.68. The van der Waals surface area contributed by atoms with Crippen LogP contribution in [0, 0.1) is 16.7 Å². The fraction of sp³-hybridized carbons (Fsp3) is 1.00. The van der Waals surface area contributed by atoms with Crippen LogP contribution in [-0.4, -0.2) is 30.1 Å². The van der Waals surface area contributed by atoms with Gasteiger partial charge in [-0.25, -0.2) is 0 Å². The van der Waals surface area contributed by atoms with E-state index in [4.69, 9.17) is 5.73 Å². The normalized spacial score (nSPS) is 29.0. The monoisotopic (exact) mass is 252 g/mol. The highest BCUT2D eigenvalue weighted by Crippen LogP contribution is 2.56. The summed E-state index contributed by atoms with van der Waals surface area (Å²) in [7, 11) is 0. The Morgan fingerprint density at radius 2 is 1.61 bits per heavy atom. The quantitative estimate of drug-likeness (QED) is 0.835. The molecule has 1 unspecified atom stereocenters. The number of likely N-dealkylation sites (tertiary alicyclic amines) is 1. The lowest BCUT2D eigenvalue weighted by Gasteiger charge is -2.50. The zero-order chi connectivity index (χ0) is 13.6. The molecule has 1 saturated heterocycles. The molecule has 0 radical (unpaired) electrons. The zero-order valence-corrected chi connectivity index (χ0v) is 13.1. The number of rotatable bonds is 3. The fourth-order valence-corrected chi connectivity index (χ4v) is 3.72. The third-order valence-electron chi connectivity index (χ3n) is 6.12. The van der Waals surface area contributed by atoms with E-state index in [0.717, 1.165) is 12.5 Å². The highest BCUT2D eigenvalue weighted by Gasteiger charge is 2.55. The van der Waals surface area contributed by atoms with E-state index in [-0.39, 0.29) is 5.54 Å². The lowest BCUT2D eigenvalue weighted by Crippen LogP contribution is -2.59. The molecule has 0 spiro atoms. The molecule has 18 heavy (non-hydrogen) atoms. The van der Waals surface area contributed by atoms with Gasteiger partial charge in [0.15, 0.2) is 0 Å². The van der Waals surface area contributed by atoms with Gasteiger partial charge in [0.25, 0.3) is 0 Å². The van der Waals surface area contributed by atoms with Crippen molar-refractivity contribution in [1.29, 1.82) is 0 Å². The van der Waals surface area contributed by atoms with Gasteiger partial charge >= 0.3 is 0 Å². The summed E-state index contributed by atoms with van der Waals surface area (Å²) in [6, 6.07) is 0. The summed E-state index contributed by atoms with van der Waals surface area (Å²) in [5, 5.41) is 0. The maximum absolute atomic E-state index is 6.14. The van der Waals surface area contributed by atoms with Gasteiger partial charge in [0, 0.05) is 12.1 Å². The van der Waals surface area contributed by atoms with E-state index in [0.29, 0.717) is 10.8 Å². The minimum Gasteiger partial charge on any atom is -0.329 e. The van der Waals surface area contributed by atoms with Gasteiger partial charge in [-0.15, -0.1) is 0 Å². The summed E-state index contributed by atoms with van der Waals surface area (Å²) in [4.78, 5) is 2.70. The van der Waals surface area contributed by atoms with Gasteiger partial charge in [-0.05, 0) is 62.4 Å². The molecule has 2 nitrogen and oxygen atoms in total. The molecular formula is C16H32N2. The first-order valence-corrected chi connectivity index (χ1v) is 7.68. The van der Waals surface area contributed by atoms with E-state index in [9.17, 15) is 0 Å². The SMILES string of the molecule is CC(C)(C)C1CCN(C(C)(CN)C2(C)CC2)CC1. The molecule has 2 rings (SSSR count). The van der Waals surface area contributed by atoms with E-state index in [2.05, 4.69) is 39.5 Å². The molecule has 0 aromatic carbocycles. The van der Waals surface area contributed by atoms with Crippen molar-refractivity contribution in [3.63, 3.8) is 0 Å². The molecule has 2 fully saturated rings. The van der Waals surface area contributed by atoms with Crippen molar-refractivity contribution in [1.82, 2.24) is 4.90 Å². The summed E-state index contributed by atoms with van der Waals surface area (Å²) in [6.45, 7) is 15.3. The first kappa shape index (κ1) is 14.3. The molecule has 1 atom stereocenters. The highest BCUT2D eigenvalue weighted by atomic mass is 15.2. The van der Waals surface area contributed by atoms with Crippen LogP contribution in [0.3, 0.4) is 0 Å². The smallest absolute Gasteiger partial charge is 0.0357 e. The number of piperidine rings is 1. The first-order chi connectivity index (χ1) is 8.23. The van der Waals surface area contributed by atoms with Crippen LogP contribution >= 0.6 is 0 Å². The van der Waals surface area contributed by atoms with Crippen molar-refractivity contribution in [2.75, 3.05) is 19.6 Å². The minimum atomic E-state index is 0.232. The number of nitrogens with zero attached hydrogens (tertiary/aromatic N) is 1. The van der Waals surface area contributed by atoms with Crippen LogP contribution in [0.5, 0.6) is 0 Å². The van der Waals surface area contributed by atoms with Gasteiger partial charge in [-0.2, -0.15) is 0 Å². The molecular weight excluding hydrogens is 220 g/mol. The van der Waals surface area contributed by atoms with Crippen molar-refractivity contribution < 1.29 is 0 Å². The highest BCUT2D eigenvalue weighted by molar-refractivity contribution is 5.10. The molecule has 106 valence electrons. The molecule has 1 heterocycles. The molecule has 0 aromatic heterocycles. The summed E-state index contributed by atoms with van der Waals surface area (Å²) in [5.74, 6) is 0.878. The van der Waals surface area contributed by atoms with Crippen LogP contribution in [-0.2, 0) is 0 Å². The standard InChI is InChI=1S/C16H32N2/c1-14(2,3)13-6-10-18(11-7-13)16(5,12-17)15(4)8-9-15/h13H,6-12,17H2,1-5H3. The number of hydrogen-bond acceptors (Lipinski definition) is 2. The van der Waals surface area contributed by atoms with Crippen molar-refractivity contribution in [2.24, 2.45) is 22.5 Å². The van der Waals surface area contributed by atoms with E-state index in [1.54, 1.807) is 0 Å². The maximum Gasteiger partial charge on any atom is 0.0357 e. The second kappa shape index (κ2) is 4.49. The average molecular weight is 252 g/mol. The Morgan fingerprint density at radius 1 is 1.11 bits per heavy atom. The summed E-state index contributed by atoms with van der Waals surface area (Å²) >= 11 is 0. The van der Waals surface area contributed by atoms with Gasteiger partial charge in [-0.1, -0.05) is 27.7 Å². The Hall–Kier alpha value is -0.0800. The molecule has 1 aliphatic heterocycles. The van der Waals surface area contributed by atoms with Crippen molar-refractivity contribution in [3.05, 3.63) is 0 Å². The Morgan fingerprint density at radius 3 is 1.94 bits per heavy atom.